The number of Topliss-reactive ketones (excluding diaryl/α,β-unsaturated/α-hetero) is 1. The van der Waals surface area contributed by atoms with Crippen molar-refractivity contribution in [1.82, 2.24) is 0 Å². The third kappa shape index (κ3) is 2.83. The van der Waals surface area contributed by atoms with Crippen LogP contribution in [0.2, 0.25) is 0 Å². The molecule has 1 unspecified atom stereocenters. The van der Waals surface area contributed by atoms with Crippen LogP contribution in [-0.4, -0.2) is 30.0 Å². The van der Waals surface area contributed by atoms with E-state index in [1.807, 2.05) is 6.07 Å². The van der Waals surface area contributed by atoms with E-state index >= 15 is 0 Å². The third-order valence-corrected chi connectivity index (χ3v) is 3.53. The maximum Gasteiger partial charge on any atom is 0.371 e. The van der Waals surface area contributed by atoms with Gasteiger partial charge in [0.1, 0.15) is 5.84 Å². The number of carbonyl (C=O) groups excluding carboxylic acids is 2. The average Bonchev–Trinajstić information content (AvgIpc) is 2.47. The maximum absolute atomic E-state index is 12.4. The number of hydrogen-bond donors (Lipinski definition) is 2. The highest BCUT2D eigenvalue weighted by atomic mass is 16.5. The van der Waals surface area contributed by atoms with Crippen molar-refractivity contribution < 1.29 is 14.3 Å². The molecule has 122 valence electrons. The second-order valence-corrected chi connectivity index (χ2v) is 5.13. The Morgan fingerprint density at radius 1 is 1.30 bits per heavy atom. The molecular formula is C16H20N4O3. The normalized spacial score (nSPS) is 21.0. The molecule has 7 heteroatoms. The van der Waals surface area contributed by atoms with E-state index in [0.717, 1.165) is 0 Å². The van der Waals surface area contributed by atoms with Gasteiger partial charge in [0.25, 0.3) is 5.79 Å². The summed E-state index contributed by atoms with van der Waals surface area (Å²) in [6.07, 6.45) is 0. The molecule has 0 saturated carbocycles. The first-order valence-corrected chi connectivity index (χ1v) is 7.21. The zero-order valence-corrected chi connectivity index (χ0v) is 13.4. The fourth-order valence-electron chi connectivity index (χ4n) is 2.62. The summed E-state index contributed by atoms with van der Waals surface area (Å²) in [7, 11) is 0. The van der Waals surface area contributed by atoms with Gasteiger partial charge in [0.15, 0.2) is 5.78 Å². The van der Waals surface area contributed by atoms with E-state index < -0.39 is 11.8 Å². The zero-order valence-electron chi connectivity index (χ0n) is 13.4. The molecule has 7 nitrogen and oxygen atoms in total. The van der Waals surface area contributed by atoms with Crippen LogP contribution in [0.1, 0.15) is 20.8 Å². The number of rotatable bonds is 4. The summed E-state index contributed by atoms with van der Waals surface area (Å²) in [6, 6.07) is 8.95. The monoisotopic (exact) mass is 316 g/mol. The second kappa shape index (κ2) is 6.21. The van der Waals surface area contributed by atoms with Gasteiger partial charge in [0.05, 0.1) is 12.2 Å². The number of amidine groups is 1. The summed E-state index contributed by atoms with van der Waals surface area (Å²) in [4.78, 5) is 29.9. The molecule has 23 heavy (non-hydrogen) atoms. The number of nitrogens with zero attached hydrogens (tertiary/aromatic N) is 2. The number of aliphatic imine (C=N–C) groups is 1. The SMILES string of the molecule is CCOC(=O)C1(N)N=C(N)C(C(C)=O)=C(C)N1c1ccccc1. The summed E-state index contributed by atoms with van der Waals surface area (Å²) in [5.74, 6) is -2.92. The van der Waals surface area contributed by atoms with Crippen LogP contribution in [0.25, 0.3) is 0 Å². The van der Waals surface area contributed by atoms with E-state index in [1.54, 1.807) is 38.1 Å². The number of carbonyl (C=O) groups is 2. The Bertz CT molecular complexity index is 697. The largest absolute Gasteiger partial charge is 0.462 e. The van der Waals surface area contributed by atoms with Crippen LogP contribution >= 0.6 is 0 Å². The Balaban J connectivity index is 2.67. The fraction of sp³-hybridized carbons (Fsp3) is 0.312. The van der Waals surface area contributed by atoms with E-state index in [4.69, 9.17) is 16.2 Å². The number of hydrogen-bond acceptors (Lipinski definition) is 7. The Hall–Kier alpha value is -2.67. The van der Waals surface area contributed by atoms with Gasteiger partial charge in [-0.1, -0.05) is 18.2 Å². The number of ether oxygens (including phenoxy) is 1. The van der Waals surface area contributed by atoms with Crippen molar-refractivity contribution in [3.63, 3.8) is 0 Å². The fourth-order valence-corrected chi connectivity index (χ4v) is 2.62. The predicted molar refractivity (Wildman–Crippen MR) is 87.5 cm³/mol. The van der Waals surface area contributed by atoms with Gasteiger partial charge in [0.2, 0.25) is 0 Å². The van der Waals surface area contributed by atoms with Crippen molar-refractivity contribution in [2.24, 2.45) is 16.5 Å². The van der Waals surface area contributed by atoms with E-state index in [0.29, 0.717) is 11.4 Å². The molecule has 1 aromatic rings. The van der Waals surface area contributed by atoms with E-state index in [2.05, 4.69) is 4.99 Å². The lowest BCUT2D eigenvalue weighted by Crippen LogP contribution is -2.63. The van der Waals surface area contributed by atoms with Crippen molar-refractivity contribution in [3.05, 3.63) is 41.6 Å². The summed E-state index contributed by atoms with van der Waals surface area (Å²) >= 11 is 0. The van der Waals surface area contributed by atoms with Crippen LogP contribution in [-0.2, 0) is 14.3 Å². The predicted octanol–water partition coefficient (Wildman–Crippen LogP) is 0.902. The molecule has 2 rings (SSSR count). The number of esters is 1. The number of nitrogens with two attached hydrogens (primary N) is 2. The van der Waals surface area contributed by atoms with Crippen LogP contribution in [0.4, 0.5) is 5.69 Å². The summed E-state index contributed by atoms with van der Waals surface area (Å²) in [5.41, 5.74) is 13.4. The highest BCUT2D eigenvalue weighted by Gasteiger charge is 2.47. The Morgan fingerprint density at radius 3 is 2.43 bits per heavy atom. The smallest absolute Gasteiger partial charge is 0.371 e. The van der Waals surface area contributed by atoms with Crippen LogP contribution in [0.3, 0.4) is 0 Å². The van der Waals surface area contributed by atoms with E-state index in [-0.39, 0.29) is 23.8 Å². The third-order valence-electron chi connectivity index (χ3n) is 3.53. The summed E-state index contributed by atoms with van der Waals surface area (Å²) in [5, 5.41) is 0. The Labute approximate surface area is 134 Å². The summed E-state index contributed by atoms with van der Waals surface area (Å²) in [6.45, 7) is 4.89. The first-order valence-electron chi connectivity index (χ1n) is 7.21. The van der Waals surface area contributed by atoms with Crippen molar-refractivity contribution in [1.29, 1.82) is 0 Å². The number of anilines is 1. The first-order chi connectivity index (χ1) is 10.8. The molecule has 1 aliphatic rings. The van der Waals surface area contributed by atoms with Crippen LogP contribution < -0.4 is 16.4 Å². The minimum atomic E-state index is -1.86. The lowest BCUT2D eigenvalue weighted by atomic mass is 10.0. The molecule has 0 aromatic heterocycles. The molecule has 0 radical (unpaired) electrons. The average molecular weight is 316 g/mol. The standard InChI is InChI=1S/C16H20N4O3/c1-4-23-15(22)16(18)19-14(17)13(11(3)21)10(2)20(16)12-8-6-5-7-9-12/h5-9H,4,18H2,1-3H3,(H2,17,19). The topological polar surface area (TPSA) is 111 Å². The van der Waals surface area contributed by atoms with Gasteiger partial charge in [-0.25, -0.2) is 9.79 Å². The van der Waals surface area contributed by atoms with Gasteiger partial charge in [-0.2, -0.15) is 0 Å². The highest BCUT2D eigenvalue weighted by molar-refractivity contribution is 6.22. The number of benzene rings is 1. The van der Waals surface area contributed by atoms with Gasteiger partial charge in [0, 0.05) is 11.4 Å². The van der Waals surface area contributed by atoms with Gasteiger partial charge < -0.3 is 10.5 Å². The van der Waals surface area contributed by atoms with Gasteiger partial charge in [-0.3, -0.25) is 15.4 Å². The number of ketones is 1. The molecule has 0 aliphatic carbocycles. The van der Waals surface area contributed by atoms with Crippen LogP contribution in [0, 0.1) is 0 Å². The number of para-hydroxylation sites is 1. The van der Waals surface area contributed by atoms with E-state index in [9.17, 15) is 9.59 Å². The second-order valence-electron chi connectivity index (χ2n) is 5.13. The molecule has 0 saturated heterocycles. The van der Waals surface area contributed by atoms with E-state index in [1.165, 1.54) is 11.8 Å². The molecule has 1 aliphatic heterocycles. The van der Waals surface area contributed by atoms with Crippen molar-refractivity contribution >= 4 is 23.3 Å². The lowest BCUT2D eigenvalue weighted by molar-refractivity contribution is -0.149. The maximum atomic E-state index is 12.4. The lowest BCUT2D eigenvalue weighted by Gasteiger charge is -2.41. The minimum absolute atomic E-state index is 0.0715. The summed E-state index contributed by atoms with van der Waals surface area (Å²) < 4.78 is 5.05. The van der Waals surface area contributed by atoms with Crippen molar-refractivity contribution in [2.75, 3.05) is 11.5 Å². The Kier molecular flexibility index (Phi) is 4.51. The molecule has 4 N–H and O–H groups in total. The Morgan fingerprint density at radius 2 is 1.91 bits per heavy atom. The molecule has 1 aromatic carbocycles. The van der Waals surface area contributed by atoms with Gasteiger partial charge >= 0.3 is 5.97 Å². The molecule has 0 fully saturated rings. The molecular weight excluding hydrogens is 296 g/mol. The highest BCUT2D eigenvalue weighted by Crippen LogP contribution is 2.32. The van der Waals surface area contributed by atoms with Crippen LogP contribution in [0.5, 0.6) is 0 Å². The van der Waals surface area contributed by atoms with Crippen LogP contribution in [0.15, 0.2) is 46.6 Å². The number of allylic oxidation sites excluding steroid dienone is 1. The first kappa shape index (κ1) is 16.7. The van der Waals surface area contributed by atoms with Gasteiger partial charge in [-0.05, 0) is 32.9 Å². The van der Waals surface area contributed by atoms with Gasteiger partial charge in [-0.15, -0.1) is 0 Å². The quantitative estimate of drug-likeness (QED) is 0.798. The molecule has 0 spiro atoms. The molecule has 1 heterocycles. The van der Waals surface area contributed by atoms with Crippen molar-refractivity contribution in [2.45, 2.75) is 26.6 Å². The zero-order chi connectivity index (χ0) is 17.2. The molecule has 0 amide bonds. The van der Waals surface area contributed by atoms with Crippen molar-refractivity contribution in [3.8, 4) is 0 Å². The molecule has 1 atom stereocenters. The molecule has 0 bridgehead atoms. The minimum Gasteiger partial charge on any atom is -0.462 e.